The number of carbonyl (C=O) groups excluding carboxylic acids is 2. The zero-order valence-electron chi connectivity index (χ0n) is 17.5. The van der Waals surface area contributed by atoms with Gasteiger partial charge in [0.15, 0.2) is 0 Å². The number of ether oxygens (including phenoxy) is 1. The topological polar surface area (TPSA) is 73.9 Å². The lowest BCUT2D eigenvalue weighted by Crippen LogP contribution is -2.51. The van der Waals surface area contributed by atoms with Crippen molar-refractivity contribution in [2.75, 3.05) is 46.4 Å². The first kappa shape index (κ1) is 22.3. The van der Waals surface area contributed by atoms with Crippen molar-refractivity contribution in [2.45, 2.75) is 39.3 Å². The fourth-order valence-corrected chi connectivity index (χ4v) is 3.29. The molecule has 0 spiro atoms. The molecule has 0 aliphatic carbocycles. The van der Waals surface area contributed by atoms with Crippen molar-refractivity contribution in [3.63, 3.8) is 0 Å². The van der Waals surface area contributed by atoms with Crippen LogP contribution in [0.15, 0.2) is 24.3 Å². The summed E-state index contributed by atoms with van der Waals surface area (Å²) in [5, 5.41) is 5.05. The molecule has 1 atom stereocenters. The number of piperazine rings is 1. The molecule has 7 heteroatoms. The van der Waals surface area contributed by atoms with Crippen LogP contribution in [0.25, 0.3) is 0 Å². The highest BCUT2D eigenvalue weighted by molar-refractivity contribution is 5.95. The predicted molar refractivity (Wildman–Crippen MR) is 110 cm³/mol. The molecule has 0 aromatic heterocycles. The van der Waals surface area contributed by atoms with Crippen molar-refractivity contribution in [3.8, 4) is 0 Å². The molecule has 1 unspecified atom stereocenters. The van der Waals surface area contributed by atoms with Crippen molar-refractivity contribution in [1.29, 1.82) is 0 Å². The van der Waals surface area contributed by atoms with Gasteiger partial charge in [-0.3, -0.25) is 19.9 Å². The Morgan fingerprint density at radius 3 is 2.21 bits per heavy atom. The van der Waals surface area contributed by atoms with Crippen LogP contribution in [0.2, 0.25) is 0 Å². The van der Waals surface area contributed by atoms with Crippen LogP contribution < -0.4 is 10.6 Å². The molecule has 7 nitrogen and oxygen atoms in total. The van der Waals surface area contributed by atoms with E-state index in [2.05, 4.69) is 58.5 Å². The number of hydrogen-bond acceptors (Lipinski definition) is 5. The highest BCUT2D eigenvalue weighted by Gasteiger charge is 2.20. The summed E-state index contributed by atoms with van der Waals surface area (Å²) in [5.74, 6) is 0.272. The van der Waals surface area contributed by atoms with Gasteiger partial charge in [0, 0.05) is 39.8 Å². The molecule has 28 heavy (non-hydrogen) atoms. The van der Waals surface area contributed by atoms with Crippen LogP contribution in [0.1, 0.15) is 37.8 Å². The van der Waals surface area contributed by atoms with Crippen LogP contribution >= 0.6 is 0 Å². The first-order valence-electron chi connectivity index (χ1n) is 10.00. The van der Waals surface area contributed by atoms with E-state index in [0.29, 0.717) is 12.5 Å². The highest BCUT2D eigenvalue weighted by atomic mass is 16.5. The average Bonchev–Trinajstić information content (AvgIpc) is 2.63. The summed E-state index contributed by atoms with van der Waals surface area (Å²) in [6, 6.07) is 8.21. The lowest BCUT2D eigenvalue weighted by Gasteiger charge is -2.34. The van der Waals surface area contributed by atoms with Crippen molar-refractivity contribution < 1.29 is 14.3 Å². The number of carbonyl (C=O) groups is 2. The van der Waals surface area contributed by atoms with Crippen molar-refractivity contribution >= 4 is 11.9 Å². The second-order valence-electron chi connectivity index (χ2n) is 7.83. The van der Waals surface area contributed by atoms with Gasteiger partial charge in [0.1, 0.15) is 0 Å². The lowest BCUT2D eigenvalue weighted by atomic mass is 10.0. The minimum atomic E-state index is -0.474. The van der Waals surface area contributed by atoms with Gasteiger partial charge in [-0.1, -0.05) is 38.1 Å². The number of nitrogens with one attached hydrogen (secondary N) is 2. The third-order valence-electron chi connectivity index (χ3n) is 4.93. The Morgan fingerprint density at radius 1 is 1.04 bits per heavy atom. The maximum Gasteiger partial charge on any atom is 0.321 e. The number of methoxy groups -OCH3 is 1. The normalized spacial score (nSPS) is 16.8. The molecule has 0 bridgehead atoms. The van der Waals surface area contributed by atoms with E-state index in [4.69, 9.17) is 4.74 Å². The van der Waals surface area contributed by atoms with Crippen LogP contribution in [-0.2, 0) is 16.1 Å². The molecule has 1 fully saturated rings. The van der Waals surface area contributed by atoms with Gasteiger partial charge in [-0.15, -0.1) is 0 Å². The molecule has 1 aliphatic rings. The molecule has 1 aromatic carbocycles. The Morgan fingerprint density at radius 2 is 1.64 bits per heavy atom. The summed E-state index contributed by atoms with van der Waals surface area (Å²) in [7, 11) is 1.57. The van der Waals surface area contributed by atoms with E-state index >= 15 is 0 Å². The number of amides is 3. The molecular weight excluding hydrogens is 356 g/mol. The summed E-state index contributed by atoms with van der Waals surface area (Å²) < 4.78 is 4.96. The van der Waals surface area contributed by atoms with Gasteiger partial charge in [0.25, 0.3) is 0 Å². The predicted octanol–water partition coefficient (Wildman–Crippen LogP) is 1.79. The monoisotopic (exact) mass is 390 g/mol. The maximum atomic E-state index is 12.1. The molecule has 1 saturated heterocycles. The molecule has 0 saturated carbocycles. The Kier molecular flexibility index (Phi) is 8.89. The fourth-order valence-electron chi connectivity index (χ4n) is 3.29. The van der Waals surface area contributed by atoms with Gasteiger partial charge in [-0.25, -0.2) is 4.79 Å². The van der Waals surface area contributed by atoms with E-state index in [1.807, 2.05) is 6.92 Å². The summed E-state index contributed by atoms with van der Waals surface area (Å²) in [6.45, 7) is 11.3. The van der Waals surface area contributed by atoms with Gasteiger partial charge in [-0.05, 0) is 24.0 Å². The molecule has 0 radical (unpaired) electrons. The van der Waals surface area contributed by atoms with E-state index < -0.39 is 6.03 Å². The second kappa shape index (κ2) is 11.1. The molecule has 1 aliphatic heterocycles. The Balaban J connectivity index is 1.68. The van der Waals surface area contributed by atoms with Crippen LogP contribution in [0, 0.1) is 0 Å². The van der Waals surface area contributed by atoms with Crippen LogP contribution in [0.3, 0.4) is 0 Å². The number of imide groups is 1. The van der Waals surface area contributed by atoms with E-state index in [9.17, 15) is 9.59 Å². The maximum absolute atomic E-state index is 12.1. The third kappa shape index (κ3) is 7.58. The SMILES string of the molecule is COCC(C)NC(=O)NC(=O)CN1CCN(Cc2ccc(C(C)C)cc2)CC1. The summed E-state index contributed by atoms with van der Waals surface area (Å²) in [6.07, 6.45) is 0. The van der Waals surface area contributed by atoms with Gasteiger partial charge < -0.3 is 10.1 Å². The first-order chi connectivity index (χ1) is 13.4. The van der Waals surface area contributed by atoms with Gasteiger partial charge in [0.2, 0.25) is 5.91 Å². The van der Waals surface area contributed by atoms with Crippen molar-refractivity contribution in [2.24, 2.45) is 0 Å². The molecule has 3 amide bonds. The molecule has 156 valence electrons. The lowest BCUT2D eigenvalue weighted by molar-refractivity contribution is -0.121. The zero-order valence-corrected chi connectivity index (χ0v) is 17.5. The summed E-state index contributed by atoms with van der Waals surface area (Å²) >= 11 is 0. The second-order valence-corrected chi connectivity index (χ2v) is 7.83. The van der Waals surface area contributed by atoms with E-state index in [0.717, 1.165) is 32.7 Å². The molecule has 1 heterocycles. The van der Waals surface area contributed by atoms with Gasteiger partial charge >= 0.3 is 6.03 Å². The molecule has 2 N–H and O–H groups in total. The van der Waals surface area contributed by atoms with Crippen LogP contribution in [0.5, 0.6) is 0 Å². The summed E-state index contributed by atoms with van der Waals surface area (Å²) in [5.41, 5.74) is 2.68. The molecule has 2 rings (SSSR count). The Hall–Kier alpha value is -1.96. The number of nitrogens with zero attached hydrogens (tertiary/aromatic N) is 2. The van der Waals surface area contributed by atoms with Gasteiger partial charge in [-0.2, -0.15) is 0 Å². The summed E-state index contributed by atoms with van der Waals surface area (Å²) in [4.78, 5) is 28.3. The van der Waals surface area contributed by atoms with E-state index in [1.54, 1.807) is 7.11 Å². The first-order valence-corrected chi connectivity index (χ1v) is 10.00. The smallest absolute Gasteiger partial charge is 0.321 e. The largest absolute Gasteiger partial charge is 0.383 e. The Labute approximate surface area is 168 Å². The minimum Gasteiger partial charge on any atom is -0.383 e. The molecular formula is C21H34N4O3. The van der Waals surface area contributed by atoms with Crippen LogP contribution in [-0.4, -0.2) is 74.2 Å². The Bertz CT molecular complexity index is 625. The third-order valence-corrected chi connectivity index (χ3v) is 4.93. The van der Waals surface area contributed by atoms with Gasteiger partial charge in [0.05, 0.1) is 19.2 Å². The average molecular weight is 391 g/mol. The number of rotatable bonds is 8. The zero-order chi connectivity index (χ0) is 20.5. The number of urea groups is 1. The fraction of sp³-hybridized carbons (Fsp3) is 0.619. The standard InChI is InChI=1S/C21H34N4O3/c1-16(2)19-7-5-18(6-8-19)13-24-9-11-25(12-10-24)14-20(26)23-21(27)22-17(3)15-28-4/h5-8,16-17H,9-15H2,1-4H3,(H2,22,23,26,27). The van der Waals surface area contributed by atoms with E-state index in [1.165, 1.54) is 11.1 Å². The highest BCUT2D eigenvalue weighted by Crippen LogP contribution is 2.16. The van der Waals surface area contributed by atoms with Crippen LogP contribution in [0.4, 0.5) is 4.79 Å². The minimum absolute atomic E-state index is 0.143. The van der Waals surface area contributed by atoms with Crippen molar-refractivity contribution in [3.05, 3.63) is 35.4 Å². The van der Waals surface area contributed by atoms with Crippen molar-refractivity contribution in [1.82, 2.24) is 20.4 Å². The number of hydrogen-bond donors (Lipinski definition) is 2. The number of benzene rings is 1. The van der Waals surface area contributed by atoms with E-state index in [-0.39, 0.29) is 18.5 Å². The quantitative estimate of drug-likeness (QED) is 0.708. The molecule has 1 aromatic rings.